The molecule has 0 saturated heterocycles. The maximum absolute atomic E-state index is 10.9. The van der Waals surface area contributed by atoms with E-state index in [1.54, 1.807) is 37.5 Å². The molecule has 2 aromatic rings. The van der Waals surface area contributed by atoms with Gasteiger partial charge in [0.15, 0.2) is 11.5 Å². The maximum atomic E-state index is 10.9. The van der Waals surface area contributed by atoms with Gasteiger partial charge >= 0.3 is 5.97 Å². The molecule has 0 aromatic heterocycles. The van der Waals surface area contributed by atoms with E-state index in [9.17, 15) is 10.1 Å². The van der Waals surface area contributed by atoms with Gasteiger partial charge in [-0.2, -0.15) is 5.26 Å². The second-order valence-electron chi connectivity index (χ2n) is 5.19. The molecule has 0 aliphatic carbocycles. The van der Waals surface area contributed by atoms with Crippen LogP contribution in [0.25, 0.3) is 11.6 Å². The number of ether oxygens (including phenoxy) is 2. The van der Waals surface area contributed by atoms with Gasteiger partial charge in [-0.05, 0) is 64.1 Å². The first-order chi connectivity index (χ1) is 12.5. The first kappa shape index (κ1) is 19.5. The number of nitriles is 1. The standard InChI is InChI=1S/C20H16INO4/c1-3-8-26-19-17(21)10-13(11-18(19)25-2)9-16(12-22)14-4-6-15(7-5-14)20(23)24/h3-7,9-11H,1,8H2,2H3,(H,23,24)/b16-9+. The van der Waals surface area contributed by atoms with Crippen molar-refractivity contribution in [2.75, 3.05) is 13.7 Å². The SMILES string of the molecule is C=CCOc1c(I)cc(/C=C(\C#N)c2ccc(C(=O)O)cc2)cc1OC. The van der Waals surface area contributed by atoms with Gasteiger partial charge in [-0.1, -0.05) is 24.8 Å². The van der Waals surface area contributed by atoms with Gasteiger partial charge in [0.1, 0.15) is 6.61 Å². The zero-order chi connectivity index (χ0) is 19.1. The summed E-state index contributed by atoms with van der Waals surface area (Å²) in [6.45, 7) is 3.99. The van der Waals surface area contributed by atoms with Gasteiger partial charge < -0.3 is 14.6 Å². The molecule has 0 amide bonds. The molecule has 0 bridgehead atoms. The number of carbonyl (C=O) groups is 1. The second kappa shape index (κ2) is 9.06. The van der Waals surface area contributed by atoms with E-state index >= 15 is 0 Å². The van der Waals surface area contributed by atoms with Crippen LogP contribution < -0.4 is 9.47 Å². The van der Waals surface area contributed by atoms with Crippen LogP contribution in [0.15, 0.2) is 49.1 Å². The van der Waals surface area contributed by atoms with Crippen LogP contribution in [-0.2, 0) is 0 Å². The predicted octanol–water partition coefficient (Wildman–Crippen LogP) is 4.63. The van der Waals surface area contributed by atoms with Crippen molar-refractivity contribution >= 4 is 40.2 Å². The normalized spacial score (nSPS) is 10.7. The minimum atomic E-state index is -1.01. The largest absolute Gasteiger partial charge is 0.493 e. The van der Waals surface area contributed by atoms with E-state index in [1.807, 2.05) is 6.07 Å². The Bertz CT molecular complexity index is 895. The van der Waals surface area contributed by atoms with Gasteiger partial charge in [0.05, 0.1) is 27.9 Å². The maximum Gasteiger partial charge on any atom is 0.335 e. The van der Waals surface area contributed by atoms with Crippen molar-refractivity contribution in [2.45, 2.75) is 0 Å². The third-order valence-electron chi connectivity index (χ3n) is 3.47. The third-order valence-corrected chi connectivity index (χ3v) is 4.27. The number of benzene rings is 2. The highest BCUT2D eigenvalue weighted by Gasteiger charge is 2.12. The highest BCUT2D eigenvalue weighted by atomic mass is 127. The van der Waals surface area contributed by atoms with Crippen LogP contribution in [0.2, 0.25) is 0 Å². The van der Waals surface area contributed by atoms with Gasteiger partial charge in [-0.15, -0.1) is 0 Å². The number of aromatic carboxylic acids is 1. The van der Waals surface area contributed by atoms with E-state index < -0.39 is 5.97 Å². The number of nitrogens with zero attached hydrogens (tertiary/aromatic N) is 1. The van der Waals surface area contributed by atoms with E-state index in [0.717, 1.165) is 9.13 Å². The van der Waals surface area contributed by atoms with Crippen molar-refractivity contribution in [3.8, 4) is 17.6 Å². The molecule has 132 valence electrons. The van der Waals surface area contributed by atoms with Crippen LogP contribution in [0.5, 0.6) is 11.5 Å². The minimum absolute atomic E-state index is 0.172. The quantitative estimate of drug-likeness (QED) is 0.282. The zero-order valence-corrected chi connectivity index (χ0v) is 16.2. The monoisotopic (exact) mass is 461 g/mol. The van der Waals surface area contributed by atoms with Crippen molar-refractivity contribution in [1.29, 1.82) is 5.26 Å². The molecule has 0 atom stereocenters. The van der Waals surface area contributed by atoms with Crippen LogP contribution in [0.3, 0.4) is 0 Å². The molecule has 0 spiro atoms. The molecule has 2 rings (SSSR count). The number of carboxylic acid groups (broad SMARTS) is 1. The molecule has 0 aliphatic rings. The molecular formula is C20H16INO4. The lowest BCUT2D eigenvalue weighted by atomic mass is 10.0. The first-order valence-electron chi connectivity index (χ1n) is 7.57. The summed E-state index contributed by atoms with van der Waals surface area (Å²) in [5, 5.41) is 18.5. The molecule has 6 heteroatoms. The Balaban J connectivity index is 2.42. The molecular weight excluding hydrogens is 445 g/mol. The smallest absolute Gasteiger partial charge is 0.335 e. The third kappa shape index (κ3) is 4.64. The van der Waals surface area contributed by atoms with Crippen molar-refractivity contribution in [3.63, 3.8) is 0 Å². The van der Waals surface area contributed by atoms with E-state index in [4.69, 9.17) is 14.6 Å². The molecule has 0 radical (unpaired) electrons. The summed E-state index contributed by atoms with van der Waals surface area (Å²) in [5.41, 5.74) is 2.00. The summed E-state index contributed by atoms with van der Waals surface area (Å²) < 4.78 is 11.8. The molecule has 0 heterocycles. The summed E-state index contributed by atoms with van der Waals surface area (Å²) in [7, 11) is 1.55. The van der Waals surface area contributed by atoms with Crippen molar-refractivity contribution in [1.82, 2.24) is 0 Å². The fourth-order valence-corrected chi connectivity index (χ4v) is 3.03. The molecule has 5 nitrogen and oxygen atoms in total. The van der Waals surface area contributed by atoms with Crippen molar-refractivity contribution in [2.24, 2.45) is 0 Å². The Hall–Kier alpha value is -2.79. The molecule has 26 heavy (non-hydrogen) atoms. The van der Waals surface area contributed by atoms with E-state index in [-0.39, 0.29) is 5.56 Å². The fourth-order valence-electron chi connectivity index (χ4n) is 2.24. The van der Waals surface area contributed by atoms with Gasteiger partial charge in [0.25, 0.3) is 0 Å². The average Bonchev–Trinajstić information content (AvgIpc) is 2.64. The lowest BCUT2D eigenvalue weighted by Crippen LogP contribution is -1.99. The number of halogens is 1. The Kier molecular flexibility index (Phi) is 6.81. The minimum Gasteiger partial charge on any atom is -0.493 e. The van der Waals surface area contributed by atoms with Crippen LogP contribution in [0.1, 0.15) is 21.5 Å². The Morgan fingerprint density at radius 2 is 1.96 bits per heavy atom. The summed E-state index contributed by atoms with van der Waals surface area (Å²) >= 11 is 2.14. The van der Waals surface area contributed by atoms with E-state index in [2.05, 4.69) is 35.2 Å². The number of hydrogen-bond donors (Lipinski definition) is 1. The number of methoxy groups -OCH3 is 1. The predicted molar refractivity (Wildman–Crippen MR) is 108 cm³/mol. The second-order valence-corrected chi connectivity index (χ2v) is 6.35. The topological polar surface area (TPSA) is 79.5 Å². The zero-order valence-electron chi connectivity index (χ0n) is 14.0. The Labute approximate surface area is 165 Å². The highest BCUT2D eigenvalue weighted by molar-refractivity contribution is 14.1. The van der Waals surface area contributed by atoms with E-state index in [0.29, 0.717) is 29.2 Å². The number of hydrogen-bond acceptors (Lipinski definition) is 4. The lowest BCUT2D eigenvalue weighted by molar-refractivity contribution is 0.0697. The molecule has 0 saturated carbocycles. The fraction of sp³-hybridized carbons (Fsp3) is 0.100. The van der Waals surface area contributed by atoms with Crippen molar-refractivity contribution in [3.05, 3.63) is 69.3 Å². The van der Waals surface area contributed by atoms with Crippen LogP contribution in [0.4, 0.5) is 0 Å². The molecule has 2 aromatic carbocycles. The number of rotatable bonds is 7. The van der Waals surface area contributed by atoms with Crippen LogP contribution in [0, 0.1) is 14.9 Å². The number of carboxylic acids is 1. The molecule has 1 N–H and O–H groups in total. The first-order valence-corrected chi connectivity index (χ1v) is 8.64. The van der Waals surface area contributed by atoms with Crippen LogP contribution in [-0.4, -0.2) is 24.8 Å². The molecule has 0 unspecified atom stereocenters. The van der Waals surface area contributed by atoms with Gasteiger partial charge in [0, 0.05) is 0 Å². The molecule has 0 fully saturated rings. The summed E-state index contributed by atoms with van der Waals surface area (Å²) in [5.74, 6) is 0.173. The number of allylic oxidation sites excluding steroid dienone is 1. The summed E-state index contributed by atoms with van der Waals surface area (Å²) in [6, 6.07) is 12.0. The van der Waals surface area contributed by atoms with E-state index in [1.165, 1.54) is 12.1 Å². The summed E-state index contributed by atoms with van der Waals surface area (Å²) in [4.78, 5) is 10.9. The van der Waals surface area contributed by atoms with Gasteiger partial charge in [-0.3, -0.25) is 0 Å². The van der Waals surface area contributed by atoms with Gasteiger partial charge in [0.2, 0.25) is 0 Å². The van der Waals surface area contributed by atoms with Crippen molar-refractivity contribution < 1.29 is 19.4 Å². The summed E-state index contributed by atoms with van der Waals surface area (Å²) in [6.07, 6.45) is 3.37. The average molecular weight is 461 g/mol. The van der Waals surface area contributed by atoms with Crippen LogP contribution >= 0.6 is 22.6 Å². The Morgan fingerprint density at radius 1 is 1.31 bits per heavy atom. The molecule has 0 aliphatic heterocycles. The van der Waals surface area contributed by atoms with Gasteiger partial charge in [-0.25, -0.2) is 4.79 Å². The Morgan fingerprint density at radius 3 is 2.50 bits per heavy atom. The lowest BCUT2D eigenvalue weighted by Gasteiger charge is -2.12. The highest BCUT2D eigenvalue weighted by Crippen LogP contribution is 2.35.